The van der Waals surface area contributed by atoms with Gasteiger partial charge in [0, 0.05) is 6.54 Å². The molecule has 0 aromatic rings. The molecule has 1 aliphatic rings. The van der Waals surface area contributed by atoms with Crippen LogP contribution in [0.15, 0.2) is 12.7 Å². The van der Waals surface area contributed by atoms with Gasteiger partial charge >= 0.3 is 0 Å². The first-order chi connectivity index (χ1) is 6.97. The van der Waals surface area contributed by atoms with Gasteiger partial charge in [0.2, 0.25) is 10.0 Å². The zero-order valence-corrected chi connectivity index (χ0v) is 10.1. The second kappa shape index (κ2) is 5.09. The molecule has 0 radical (unpaired) electrons. The summed E-state index contributed by atoms with van der Waals surface area (Å²) in [6, 6.07) is 0. The molecule has 0 atom stereocenters. The van der Waals surface area contributed by atoms with E-state index >= 15 is 0 Å². The van der Waals surface area contributed by atoms with Crippen LogP contribution in [-0.4, -0.2) is 33.8 Å². The third-order valence-electron chi connectivity index (χ3n) is 2.87. The molecule has 0 unspecified atom stereocenters. The van der Waals surface area contributed by atoms with E-state index in [1.54, 1.807) is 0 Å². The minimum Gasteiger partial charge on any atom is -0.317 e. The Morgan fingerprint density at radius 2 is 2.07 bits per heavy atom. The first-order valence-corrected chi connectivity index (χ1v) is 6.92. The Kier molecular flexibility index (Phi) is 4.31. The summed E-state index contributed by atoms with van der Waals surface area (Å²) in [7, 11) is -3.16. The van der Waals surface area contributed by atoms with Gasteiger partial charge in [0.05, 0.1) is 5.75 Å². The van der Waals surface area contributed by atoms with Crippen LogP contribution in [0.3, 0.4) is 0 Å². The van der Waals surface area contributed by atoms with Gasteiger partial charge in [-0.05, 0) is 31.3 Å². The van der Waals surface area contributed by atoms with E-state index in [0.717, 1.165) is 25.9 Å². The van der Waals surface area contributed by atoms with E-state index in [-0.39, 0.29) is 11.2 Å². The highest BCUT2D eigenvalue weighted by atomic mass is 32.2. The maximum absolute atomic E-state index is 11.4. The molecule has 15 heavy (non-hydrogen) atoms. The summed E-state index contributed by atoms with van der Waals surface area (Å²) in [5.41, 5.74) is 0.0967. The Bertz CT molecular complexity index is 305. The summed E-state index contributed by atoms with van der Waals surface area (Å²) in [5.74, 6) is 0.00132. The highest BCUT2D eigenvalue weighted by molar-refractivity contribution is 7.89. The Morgan fingerprint density at radius 1 is 1.47 bits per heavy atom. The SMILES string of the molecule is C=CCS(=O)(=O)NCC1(C)CCNCC1. The van der Waals surface area contributed by atoms with E-state index in [4.69, 9.17) is 0 Å². The maximum atomic E-state index is 11.4. The second-order valence-corrected chi connectivity index (χ2v) is 6.30. The number of piperidine rings is 1. The van der Waals surface area contributed by atoms with Crippen molar-refractivity contribution in [2.24, 2.45) is 5.41 Å². The van der Waals surface area contributed by atoms with Gasteiger partial charge in [-0.2, -0.15) is 0 Å². The quantitative estimate of drug-likeness (QED) is 0.678. The lowest BCUT2D eigenvalue weighted by Crippen LogP contribution is -2.43. The molecule has 4 nitrogen and oxygen atoms in total. The van der Waals surface area contributed by atoms with Crippen molar-refractivity contribution in [2.45, 2.75) is 19.8 Å². The third kappa shape index (κ3) is 4.32. The van der Waals surface area contributed by atoms with Gasteiger partial charge < -0.3 is 5.32 Å². The maximum Gasteiger partial charge on any atom is 0.215 e. The largest absolute Gasteiger partial charge is 0.317 e. The number of hydrogen-bond donors (Lipinski definition) is 2. The first kappa shape index (κ1) is 12.7. The summed E-state index contributed by atoms with van der Waals surface area (Å²) < 4.78 is 25.5. The molecule has 0 aromatic heterocycles. The number of hydrogen-bond acceptors (Lipinski definition) is 3. The van der Waals surface area contributed by atoms with Crippen LogP contribution < -0.4 is 10.0 Å². The third-order valence-corrected chi connectivity index (χ3v) is 4.13. The highest BCUT2D eigenvalue weighted by Crippen LogP contribution is 2.26. The molecule has 0 saturated carbocycles. The Balaban J connectivity index is 2.44. The molecule has 1 rings (SSSR count). The van der Waals surface area contributed by atoms with Gasteiger partial charge in [0.25, 0.3) is 0 Å². The number of sulfonamides is 1. The van der Waals surface area contributed by atoms with Crippen molar-refractivity contribution in [3.05, 3.63) is 12.7 Å². The molecular formula is C10H20N2O2S. The molecule has 0 amide bonds. The molecule has 0 bridgehead atoms. The van der Waals surface area contributed by atoms with Crippen molar-refractivity contribution in [1.82, 2.24) is 10.0 Å². The molecule has 1 aliphatic heterocycles. The Hall–Kier alpha value is -0.390. The van der Waals surface area contributed by atoms with E-state index < -0.39 is 10.0 Å². The lowest BCUT2D eigenvalue weighted by molar-refractivity contribution is 0.232. The van der Waals surface area contributed by atoms with Crippen LogP contribution in [0.1, 0.15) is 19.8 Å². The predicted octanol–water partition coefficient (Wildman–Crippen LogP) is 0.481. The normalized spacial score (nSPS) is 21.1. The smallest absolute Gasteiger partial charge is 0.215 e. The van der Waals surface area contributed by atoms with E-state index in [1.807, 2.05) is 0 Å². The summed E-state index contributed by atoms with van der Waals surface area (Å²) >= 11 is 0. The molecule has 0 aliphatic carbocycles. The molecular weight excluding hydrogens is 212 g/mol. The fourth-order valence-electron chi connectivity index (χ4n) is 1.71. The lowest BCUT2D eigenvalue weighted by atomic mass is 9.81. The van der Waals surface area contributed by atoms with Crippen LogP contribution in [0.25, 0.3) is 0 Å². The molecule has 2 N–H and O–H groups in total. The van der Waals surface area contributed by atoms with E-state index in [1.165, 1.54) is 6.08 Å². The topological polar surface area (TPSA) is 58.2 Å². The van der Waals surface area contributed by atoms with Gasteiger partial charge in [-0.1, -0.05) is 13.0 Å². The molecule has 1 heterocycles. The average Bonchev–Trinajstić information content (AvgIpc) is 2.17. The van der Waals surface area contributed by atoms with Crippen LogP contribution in [0.2, 0.25) is 0 Å². The second-order valence-electron chi connectivity index (χ2n) is 4.45. The number of nitrogens with one attached hydrogen (secondary N) is 2. The summed E-state index contributed by atoms with van der Waals surface area (Å²) in [4.78, 5) is 0. The van der Waals surface area contributed by atoms with Crippen LogP contribution in [0, 0.1) is 5.41 Å². The van der Waals surface area contributed by atoms with E-state index in [9.17, 15) is 8.42 Å². The van der Waals surface area contributed by atoms with Gasteiger partial charge in [0.1, 0.15) is 0 Å². The van der Waals surface area contributed by atoms with Crippen molar-refractivity contribution < 1.29 is 8.42 Å². The Labute approximate surface area is 92.2 Å². The average molecular weight is 232 g/mol. The molecule has 5 heteroatoms. The zero-order valence-electron chi connectivity index (χ0n) is 9.25. The fraction of sp³-hybridized carbons (Fsp3) is 0.800. The van der Waals surface area contributed by atoms with E-state index in [0.29, 0.717) is 6.54 Å². The monoisotopic (exact) mass is 232 g/mol. The van der Waals surface area contributed by atoms with E-state index in [2.05, 4.69) is 23.5 Å². The van der Waals surface area contributed by atoms with Crippen LogP contribution >= 0.6 is 0 Å². The van der Waals surface area contributed by atoms with Crippen molar-refractivity contribution in [1.29, 1.82) is 0 Å². The molecule has 1 saturated heterocycles. The van der Waals surface area contributed by atoms with Crippen molar-refractivity contribution in [3.8, 4) is 0 Å². The van der Waals surface area contributed by atoms with Crippen LogP contribution in [0.5, 0.6) is 0 Å². The summed E-state index contributed by atoms with van der Waals surface area (Å²) in [6.45, 7) is 8.03. The molecule has 1 fully saturated rings. The van der Waals surface area contributed by atoms with Crippen LogP contribution in [-0.2, 0) is 10.0 Å². The standard InChI is InChI=1S/C10H20N2O2S/c1-3-8-15(13,14)12-9-10(2)4-6-11-7-5-10/h3,11-12H,1,4-9H2,2H3. The fourth-order valence-corrected chi connectivity index (χ4v) is 2.70. The first-order valence-electron chi connectivity index (χ1n) is 5.26. The molecule has 0 aromatic carbocycles. The Morgan fingerprint density at radius 3 is 2.60 bits per heavy atom. The summed E-state index contributed by atoms with van der Waals surface area (Å²) in [6.07, 6.45) is 3.44. The minimum absolute atomic E-state index is 0.00132. The zero-order chi connectivity index (χ0) is 11.4. The van der Waals surface area contributed by atoms with Crippen molar-refractivity contribution >= 4 is 10.0 Å². The van der Waals surface area contributed by atoms with Gasteiger partial charge in [-0.25, -0.2) is 13.1 Å². The number of rotatable bonds is 5. The van der Waals surface area contributed by atoms with Crippen molar-refractivity contribution in [3.63, 3.8) is 0 Å². The summed E-state index contributed by atoms with van der Waals surface area (Å²) in [5, 5.41) is 3.27. The van der Waals surface area contributed by atoms with Gasteiger partial charge in [-0.3, -0.25) is 0 Å². The highest BCUT2D eigenvalue weighted by Gasteiger charge is 2.27. The van der Waals surface area contributed by atoms with Gasteiger partial charge in [-0.15, -0.1) is 6.58 Å². The van der Waals surface area contributed by atoms with Crippen LogP contribution in [0.4, 0.5) is 0 Å². The van der Waals surface area contributed by atoms with Crippen molar-refractivity contribution in [2.75, 3.05) is 25.4 Å². The molecule has 88 valence electrons. The lowest BCUT2D eigenvalue weighted by Gasteiger charge is -2.33. The predicted molar refractivity (Wildman–Crippen MR) is 62.2 cm³/mol. The van der Waals surface area contributed by atoms with Gasteiger partial charge in [0.15, 0.2) is 0 Å². The molecule has 0 spiro atoms. The minimum atomic E-state index is -3.16.